The molecule has 1 heterocycles. The molecule has 1 N–H and O–H groups in total. The molecule has 0 spiro atoms. The maximum atomic E-state index is 12.9. The van der Waals surface area contributed by atoms with Crippen molar-refractivity contribution >= 4 is 11.0 Å². The highest BCUT2D eigenvalue weighted by atomic mass is 16.5. The number of rotatable bonds is 9. The molecule has 5 aromatic rings. The van der Waals surface area contributed by atoms with E-state index in [1.54, 1.807) is 18.2 Å². The molecule has 0 radical (unpaired) electrons. The van der Waals surface area contributed by atoms with Crippen molar-refractivity contribution in [2.75, 3.05) is 6.61 Å². The number of hydrogen-bond acceptors (Lipinski definition) is 6. The minimum absolute atomic E-state index is 0.101. The Hall–Kier alpha value is -4.71. The van der Waals surface area contributed by atoms with Crippen LogP contribution in [-0.4, -0.2) is 11.7 Å². The molecule has 4 aromatic carbocycles. The molecule has 0 fully saturated rings. The summed E-state index contributed by atoms with van der Waals surface area (Å²) in [6.45, 7) is 3.06. The van der Waals surface area contributed by atoms with Crippen LogP contribution in [0.1, 0.15) is 18.1 Å². The fraction of sp³-hybridized carbons (Fsp3) is 0.129. The van der Waals surface area contributed by atoms with Gasteiger partial charge >= 0.3 is 0 Å². The van der Waals surface area contributed by atoms with E-state index in [0.29, 0.717) is 48.4 Å². The van der Waals surface area contributed by atoms with E-state index in [1.165, 1.54) is 12.1 Å². The summed E-state index contributed by atoms with van der Waals surface area (Å²) in [5.41, 5.74) is 2.54. The van der Waals surface area contributed by atoms with Gasteiger partial charge < -0.3 is 23.7 Å². The van der Waals surface area contributed by atoms with Gasteiger partial charge in [-0.25, -0.2) is 0 Å². The van der Waals surface area contributed by atoms with Gasteiger partial charge in [-0.15, -0.1) is 0 Å². The molecular weight excluding hydrogens is 468 g/mol. The molecule has 0 amide bonds. The van der Waals surface area contributed by atoms with Crippen LogP contribution < -0.4 is 19.6 Å². The van der Waals surface area contributed by atoms with E-state index in [1.807, 2.05) is 73.7 Å². The summed E-state index contributed by atoms with van der Waals surface area (Å²) in [5.74, 6) is 1.68. The van der Waals surface area contributed by atoms with Gasteiger partial charge in [-0.2, -0.15) is 0 Å². The molecule has 1 aromatic heterocycles. The lowest BCUT2D eigenvalue weighted by Gasteiger charge is -2.14. The van der Waals surface area contributed by atoms with Gasteiger partial charge in [0.05, 0.1) is 6.61 Å². The predicted molar refractivity (Wildman–Crippen MR) is 142 cm³/mol. The summed E-state index contributed by atoms with van der Waals surface area (Å²) in [4.78, 5) is 12.9. The maximum absolute atomic E-state index is 12.9. The topological polar surface area (TPSA) is 78.1 Å². The molecule has 6 heteroatoms. The monoisotopic (exact) mass is 494 g/mol. The lowest BCUT2D eigenvalue weighted by Crippen LogP contribution is -2.03. The third-order valence-corrected chi connectivity index (χ3v) is 5.80. The molecule has 6 nitrogen and oxygen atoms in total. The van der Waals surface area contributed by atoms with Crippen molar-refractivity contribution in [3.05, 3.63) is 118 Å². The van der Waals surface area contributed by atoms with Gasteiger partial charge in [-0.3, -0.25) is 4.79 Å². The highest BCUT2D eigenvalue weighted by molar-refractivity contribution is 5.86. The first-order valence-electron chi connectivity index (χ1n) is 12.0. The summed E-state index contributed by atoms with van der Waals surface area (Å²) in [6.07, 6.45) is 0. The number of ether oxygens (including phenoxy) is 3. The quantitative estimate of drug-likeness (QED) is 0.245. The van der Waals surface area contributed by atoms with Crippen molar-refractivity contribution < 1.29 is 23.7 Å². The van der Waals surface area contributed by atoms with Crippen LogP contribution in [0.2, 0.25) is 0 Å². The van der Waals surface area contributed by atoms with Gasteiger partial charge in [0.25, 0.3) is 0 Å². The first-order chi connectivity index (χ1) is 18.1. The fourth-order valence-electron chi connectivity index (χ4n) is 3.99. The summed E-state index contributed by atoms with van der Waals surface area (Å²) in [5, 5.41) is 10.6. The van der Waals surface area contributed by atoms with Crippen molar-refractivity contribution in [2.24, 2.45) is 0 Å². The Morgan fingerprint density at radius 3 is 2.08 bits per heavy atom. The highest BCUT2D eigenvalue weighted by Gasteiger charge is 2.15. The van der Waals surface area contributed by atoms with Crippen LogP contribution in [0.4, 0.5) is 0 Å². The van der Waals surface area contributed by atoms with Crippen molar-refractivity contribution in [1.82, 2.24) is 0 Å². The second kappa shape index (κ2) is 10.9. The molecule has 5 rings (SSSR count). The summed E-state index contributed by atoms with van der Waals surface area (Å²) < 4.78 is 23.7. The van der Waals surface area contributed by atoms with Gasteiger partial charge in [0.1, 0.15) is 41.4 Å². The Morgan fingerprint density at radius 2 is 1.41 bits per heavy atom. The average molecular weight is 495 g/mol. The first kappa shape index (κ1) is 24.0. The van der Waals surface area contributed by atoms with Crippen molar-refractivity contribution in [3.8, 4) is 34.3 Å². The predicted octanol–water partition coefficient (Wildman–Crippen LogP) is 6.72. The van der Waals surface area contributed by atoms with Crippen LogP contribution in [0, 0.1) is 0 Å². The Bertz CT molecular complexity index is 1560. The standard InChI is InChI=1S/C31H26O6/c1-2-34-29-15-23(13-14-27(29)36-20-22-11-7-4-8-12-22)28-18-26(33)31-25(32)16-24(17-30(31)37-28)35-19-21-9-5-3-6-10-21/h3-18,32H,2,19-20H2,1H3. The lowest BCUT2D eigenvalue weighted by atomic mass is 10.1. The molecule has 0 atom stereocenters. The second-order valence-electron chi connectivity index (χ2n) is 8.43. The second-order valence-corrected chi connectivity index (χ2v) is 8.43. The first-order valence-corrected chi connectivity index (χ1v) is 12.0. The molecule has 0 aliphatic carbocycles. The zero-order valence-corrected chi connectivity index (χ0v) is 20.3. The van der Waals surface area contributed by atoms with Crippen LogP contribution in [0.5, 0.6) is 23.0 Å². The number of aromatic hydroxyl groups is 1. The molecule has 0 saturated heterocycles. The van der Waals surface area contributed by atoms with Crippen molar-refractivity contribution in [3.63, 3.8) is 0 Å². The largest absolute Gasteiger partial charge is 0.507 e. The SMILES string of the molecule is CCOc1cc(-c2cc(=O)c3c(O)cc(OCc4ccccc4)cc3o2)ccc1OCc1ccccc1. The number of phenolic OH excluding ortho intramolecular Hbond substituents is 1. The van der Waals surface area contributed by atoms with Crippen LogP contribution in [0.25, 0.3) is 22.3 Å². The van der Waals surface area contributed by atoms with Gasteiger partial charge in [-0.1, -0.05) is 60.7 Å². The molecule has 0 aliphatic heterocycles. The van der Waals surface area contributed by atoms with Gasteiger partial charge in [-0.05, 0) is 36.2 Å². The van der Waals surface area contributed by atoms with E-state index in [-0.39, 0.29) is 22.1 Å². The van der Waals surface area contributed by atoms with E-state index in [4.69, 9.17) is 18.6 Å². The minimum atomic E-state index is -0.356. The minimum Gasteiger partial charge on any atom is -0.507 e. The van der Waals surface area contributed by atoms with Gasteiger partial charge in [0.2, 0.25) is 0 Å². The zero-order valence-electron chi connectivity index (χ0n) is 20.3. The maximum Gasteiger partial charge on any atom is 0.197 e. The molecule has 186 valence electrons. The molecule has 0 bridgehead atoms. The summed E-state index contributed by atoms with van der Waals surface area (Å²) in [6, 6.07) is 29.3. The van der Waals surface area contributed by atoms with Crippen molar-refractivity contribution in [2.45, 2.75) is 20.1 Å². The van der Waals surface area contributed by atoms with Crippen LogP contribution >= 0.6 is 0 Å². The molecule has 37 heavy (non-hydrogen) atoms. The smallest absolute Gasteiger partial charge is 0.197 e. The molecule has 0 saturated carbocycles. The van der Waals surface area contributed by atoms with E-state index in [0.717, 1.165) is 11.1 Å². The van der Waals surface area contributed by atoms with Crippen LogP contribution in [0.15, 0.2) is 106 Å². The summed E-state index contributed by atoms with van der Waals surface area (Å²) in [7, 11) is 0. The fourth-order valence-corrected chi connectivity index (χ4v) is 3.99. The molecule has 0 aliphatic rings. The van der Waals surface area contributed by atoms with E-state index in [9.17, 15) is 9.90 Å². The number of hydrogen-bond donors (Lipinski definition) is 1. The van der Waals surface area contributed by atoms with Gasteiger partial charge in [0, 0.05) is 23.8 Å². The third kappa shape index (κ3) is 5.59. The lowest BCUT2D eigenvalue weighted by molar-refractivity contribution is 0.269. The molecular formula is C31H26O6. The third-order valence-electron chi connectivity index (χ3n) is 5.80. The Kier molecular flexibility index (Phi) is 7.08. The number of fused-ring (bicyclic) bond motifs is 1. The Morgan fingerprint density at radius 1 is 0.730 bits per heavy atom. The van der Waals surface area contributed by atoms with Gasteiger partial charge in [0.15, 0.2) is 16.9 Å². The number of phenols is 1. The highest BCUT2D eigenvalue weighted by Crippen LogP contribution is 2.35. The number of benzene rings is 4. The zero-order chi connectivity index (χ0) is 25.6. The molecule has 0 unspecified atom stereocenters. The van der Waals surface area contributed by atoms with E-state index >= 15 is 0 Å². The normalized spacial score (nSPS) is 10.8. The Labute approximate surface area is 214 Å². The van der Waals surface area contributed by atoms with Crippen LogP contribution in [-0.2, 0) is 13.2 Å². The average Bonchev–Trinajstić information content (AvgIpc) is 2.92. The van der Waals surface area contributed by atoms with E-state index in [2.05, 4.69) is 0 Å². The Balaban J connectivity index is 1.45. The van der Waals surface area contributed by atoms with Crippen LogP contribution in [0.3, 0.4) is 0 Å². The summed E-state index contributed by atoms with van der Waals surface area (Å²) >= 11 is 0. The van der Waals surface area contributed by atoms with Crippen molar-refractivity contribution in [1.29, 1.82) is 0 Å². The van der Waals surface area contributed by atoms with E-state index < -0.39 is 0 Å².